The minimum atomic E-state index is -0.817. The van der Waals surface area contributed by atoms with Gasteiger partial charge in [-0.15, -0.1) is 0 Å². The van der Waals surface area contributed by atoms with E-state index in [9.17, 15) is 19.7 Å². The average molecular weight is 538 g/mol. The van der Waals surface area contributed by atoms with Crippen LogP contribution in [0.1, 0.15) is 47.6 Å². The quantitative estimate of drug-likeness (QED) is 0.284. The molecule has 0 bridgehead atoms. The van der Waals surface area contributed by atoms with Crippen LogP contribution in [0.15, 0.2) is 70.9 Å². The number of nitro benzene ring substituents is 1. The maximum Gasteiger partial charge on any atom is 0.269 e. The van der Waals surface area contributed by atoms with Crippen LogP contribution in [0.5, 0.6) is 0 Å². The number of nitrogens with zero attached hydrogens (tertiary/aromatic N) is 5. The highest BCUT2D eigenvalue weighted by Crippen LogP contribution is 2.43. The van der Waals surface area contributed by atoms with Crippen LogP contribution in [0.3, 0.4) is 0 Å². The SMILES string of the molecule is CC1=NN(c2ccc(C)c(C)c2)C(=O)[C@H]1C(c1cccc([N+](=O)[O-])c1)[C@@H]1C(=O)N(c2ccc(C)c(C)c2)N=C1C. The van der Waals surface area contributed by atoms with Gasteiger partial charge in [0.25, 0.3) is 17.5 Å². The van der Waals surface area contributed by atoms with Crippen molar-refractivity contribution in [2.75, 3.05) is 10.0 Å². The number of aryl methyl sites for hydroxylation is 4. The molecule has 2 aliphatic heterocycles. The molecular formula is C31H31N5O4. The molecule has 0 N–H and O–H groups in total. The van der Waals surface area contributed by atoms with Crippen LogP contribution in [0.4, 0.5) is 17.1 Å². The standard InChI is InChI=1S/C31H31N5O4/c1-17-10-12-24(14-19(17)3)34-30(37)27(21(5)32-34)29(23-8-7-9-26(16-23)36(39)40)28-22(6)33-35(31(28)38)25-13-11-18(2)20(4)15-25/h7-16,27-29H,1-6H3/t27-,28-/m1/s1. The van der Waals surface area contributed by atoms with Crippen molar-refractivity contribution in [2.24, 2.45) is 22.0 Å². The minimum Gasteiger partial charge on any atom is -0.272 e. The zero-order valence-electron chi connectivity index (χ0n) is 23.4. The number of nitro groups is 1. The van der Waals surface area contributed by atoms with Crippen LogP contribution in [0.25, 0.3) is 0 Å². The van der Waals surface area contributed by atoms with Gasteiger partial charge in [0.15, 0.2) is 0 Å². The summed E-state index contributed by atoms with van der Waals surface area (Å²) < 4.78 is 0. The highest BCUT2D eigenvalue weighted by atomic mass is 16.6. The fourth-order valence-electron chi connectivity index (χ4n) is 5.49. The minimum absolute atomic E-state index is 0.111. The van der Waals surface area contributed by atoms with Crippen LogP contribution >= 0.6 is 0 Å². The number of amides is 2. The van der Waals surface area contributed by atoms with Gasteiger partial charge < -0.3 is 0 Å². The second kappa shape index (κ2) is 10.1. The molecule has 0 saturated carbocycles. The van der Waals surface area contributed by atoms with E-state index in [1.54, 1.807) is 26.0 Å². The van der Waals surface area contributed by atoms with Crippen LogP contribution < -0.4 is 10.0 Å². The van der Waals surface area contributed by atoms with Gasteiger partial charge in [0.2, 0.25) is 0 Å². The number of hydrazone groups is 2. The summed E-state index contributed by atoms with van der Waals surface area (Å²) in [6, 6.07) is 17.5. The molecule has 2 amide bonds. The molecule has 0 radical (unpaired) electrons. The zero-order chi connectivity index (χ0) is 28.9. The van der Waals surface area contributed by atoms with Crippen molar-refractivity contribution in [2.45, 2.75) is 47.5 Å². The third kappa shape index (κ3) is 4.57. The summed E-state index contributed by atoms with van der Waals surface area (Å²) in [5, 5.41) is 23.7. The molecule has 0 aromatic heterocycles. The van der Waals surface area contributed by atoms with Crippen LogP contribution in [-0.2, 0) is 9.59 Å². The van der Waals surface area contributed by atoms with Gasteiger partial charge in [0, 0.05) is 29.5 Å². The molecule has 5 rings (SSSR count). The van der Waals surface area contributed by atoms with Gasteiger partial charge in [-0.2, -0.15) is 10.2 Å². The third-order valence-corrected chi connectivity index (χ3v) is 8.02. The summed E-state index contributed by atoms with van der Waals surface area (Å²) in [5.41, 5.74) is 6.97. The molecule has 2 aliphatic rings. The zero-order valence-corrected chi connectivity index (χ0v) is 23.4. The van der Waals surface area contributed by atoms with Crippen molar-refractivity contribution >= 4 is 40.3 Å². The number of carbonyl (C=O) groups excluding carboxylic acids is 2. The second-order valence-corrected chi connectivity index (χ2v) is 10.7. The Hall–Kier alpha value is -4.66. The molecule has 9 nitrogen and oxygen atoms in total. The van der Waals surface area contributed by atoms with Crippen molar-refractivity contribution in [1.29, 1.82) is 0 Å². The number of carbonyl (C=O) groups is 2. The number of rotatable bonds is 6. The molecule has 3 aromatic rings. The molecule has 3 aromatic carbocycles. The molecule has 0 spiro atoms. The largest absolute Gasteiger partial charge is 0.272 e. The van der Waals surface area contributed by atoms with E-state index in [0.29, 0.717) is 28.4 Å². The van der Waals surface area contributed by atoms with E-state index in [1.165, 1.54) is 22.2 Å². The van der Waals surface area contributed by atoms with Gasteiger partial charge in [-0.3, -0.25) is 19.7 Å². The molecule has 2 heterocycles. The first-order valence-corrected chi connectivity index (χ1v) is 13.1. The maximum absolute atomic E-state index is 14.1. The molecule has 0 fully saturated rings. The predicted molar refractivity (Wildman–Crippen MR) is 156 cm³/mol. The Balaban J connectivity index is 1.60. The number of hydrogen-bond acceptors (Lipinski definition) is 6. The Morgan fingerprint density at radius 1 is 0.700 bits per heavy atom. The summed E-state index contributed by atoms with van der Waals surface area (Å²) >= 11 is 0. The topological polar surface area (TPSA) is 108 Å². The Kier molecular flexibility index (Phi) is 6.83. The second-order valence-electron chi connectivity index (χ2n) is 10.7. The van der Waals surface area contributed by atoms with E-state index in [1.807, 2.05) is 64.1 Å². The predicted octanol–water partition coefficient (Wildman–Crippen LogP) is 5.99. The first-order chi connectivity index (χ1) is 19.0. The third-order valence-electron chi connectivity index (χ3n) is 8.02. The van der Waals surface area contributed by atoms with Crippen molar-refractivity contribution in [3.63, 3.8) is 0 Å². The summed E-state index contributed by atoms with van der Waals surface area (Å²) in [7, 11) is 0. The van der Waals surface area contributed by atoms with E-state index in [-0.39, 0.29) is 17.5 Å². The lowest BCUT2D eigenvalue weighted by molar-refractivity contribution is -0.384. The molecule has 0 unspecified atom stereocenters. The highest BCUT2D eigenvalue weighted by Gasteiger charge is 2.50. The van der Waals surface area contributed by atoms with Gasteiger partial charge in [0.05, 0.1) is 28.1 Å². The fraction of sp³-hybridized carbons (Fsp3) is 0.290. The summed E-state index contributed by atoms with van der Waals surface area (Å²) in [6.45, 7) is 11.5. The maximum atomic E-state index is 14.1. The number of anilines is 2. The van der Waals surface area contributed by atoms with Crippen LogP contribution in [0.2, 0.25) is 0 Å². The molecule has 204 valence electrons. The Bertz CT molecular complexity index is 1530. The number of benzene rings is 3. The van der Waals surface area contributed by atoms with Crippen molar-refractivity contribution in [3.05, 3.63) is 98.6 Å². The van der Waals surface area contributed by atoms with Gasteiger partial charge in [0.1, 0.15) is 0 Å². The first-order valence-electron chi connectivity index (χ1n) is 13.1. The van der Waals surface area contributed by atoms with Crippen LogP contribution in [-0.4, -0.2) is 28.2 Å². The summed E-state index contributed by atoms with van der Waals surface area (Å²) in [4.78, 5) is 39.3. The molecule has 9 heteroatoms. The fourth-order valence-corrected chi connectivity index (χ4v) is 5.49. The average Bonchev–Trinajstić information content (AvgIpc) is 3.38. The lowest BCUT2D eigenvalue weighted by Gasteiger charge is -2.28. The molecule has 2 atom stereocenters. The Labute approximate surface area is 233 Å². The number of hydrogen-bond donors (Lipinski definition) is 0. The van der Waals surface area contributed by atoms with Crippen molar-refractivity contribution in [1.82, 2.24) is 0 Å². The summed E-state index contributed by atoms with van der Waals surface area (Å²) in [6.07, 6.45) is 0. The van der Waals surface area contributed by atoms with Gasteiger partial charge in [-0.05, 0) is 93.6 Å². The smallest absolute Gasteiger partial charge is 0.269 e. The van der Waals surface area contributed by atoms with Crippen molar-refractivity contribution < 1.29 is 14.5 Å². The van der Waals surface area contributed by atoms with E-state index in [2.05, 4.69) is 10.2 Å². The highest BCUT2D eigenvalue weighted by molar-refractivity contribution is 6.19. The first kappa shape index (κ1) is 26.9. The Morgan fingerprint density at radius 3 is 1.60 bits per heavy atom. The summed E-state index contributed by atoms with van der Waals surface area (Å²) in [5.74, 6) is -2.96. The van der Waals surface area contributed by atoms with E-state index >= 15 is 0 Å². The lowest BCUT2D eigenvalue weighted by atomic mass is 9.73. The van der Waals surface area contributed by atoms with E-state index in [0.717, 1.165) is 22.3 Å². The molecular weight excluding hydrogens is 506 g/mol. The molecule has 0 aliphatic carbocycles. The van der Waals surface area contributed by atoms with Crippen LogP contribution in [0, 0.1) is 49.6 Å². The van der Waals surface area contributed by atoms with E-state index < -0.39 is 22.7 Å². The van der Waals surface area contributed by atoms with Crippen molar-refractivity contribution in [3.8, 4) is 0 Å². The number of non-ortho nitro benzene ring substituents is 1. The monoisotopic (exact) mass is 537 g/mol. The Morgan fingerprint density at radius 2 is 1.18 bits per heavy atom. The lowest BCUT2D eigenvalue weighted by Crippen LogP contribution is -2.40. The van der Waals surface area contributed by atoms with Gasteiger partial charge >= 0.3 is 0 Å². The molecule has 0 saturated heterocycles. The van der Waals surface area contributed by atoms with Gasteiger partial charge in [-0.1, -0.05) is 24.3 Å². The van der Waals surface area contributed by atoms with Gasteiger partial charge in [-0.25, -0.2) is 10.0 Å². The van der Waals surface area contributed by atoms with E-state index in [4.69, 9.17) is 0 Å². The normalized spacial score (nSPS) is 19.0. The molecule has 40 heavy (non-hydrogen) atoms.